The van der Waals surface area contributed by atoms with E-state index in [0.717, 1.165) is 0 Å². The molecule has 2 N–H and O–H groups in total. The van der Waals surface area contributed by atoms with Crippen molar-refractivity contribution in [2.75, 3.05) is 0 Å². The van der Waals surface area contributed by atoms with Crippen LogP contribution < -0.4 is 0 Å². The van der Waals surface area contributed by atoms with Crippen molar-refractivity contribution in [3.05, 3.63) is 73.2 Å². The van der Waals surface area contributed by atoms with Gasteiger partial charge in [0.2, 0.25) is 0 Å². The van der Waals surface area contributed by atoms with Crippen molar-refractivity contribution in [3.63, 3.8) is 0 Å². The maximum atomic E-state index is 3.12. The number of hydrogen-bond acceptors (Lipinski definition) is 0. The van der Waals surface area contributed by atoms with Crippen molar-refractivity contribution in [1.82, 2.24) is 9.97 Å². The summed E-state index contributed by atoms with van der Waals surface area (Å²) in [4.78, 5) is 6.16. The first kappa shape index (κ1) is 10.7. The van der Waals surface area contributed by atoms with Crippen molar-refractivity contribution in [2.24, 2.45) is 0 Å². The van der Waals surface area contributed by atoms with Crippen molar-refractivity contribution in [3.8, 4) is 0 Å². The minimum absolute atomic E-state index is 1.21. The number of aromatic amines is 2. The quantitative estimate of drug-likeness (QED) is 0.453. The molecule has 18 heavy (non-hydrogen) atoms. The molecule has 0 saturated carbocycles. The Bertz CT molecular complexity index is 623. The van der Waals surface area contributed by atoms with Crippen LogP contribution in [-0.4, -0.2) is 9.97 Å². The Morgan fingerprint density at radius 2 is 1.22 bits per heavy atom. The van der Waals surface area contributed by atoms with Crippen LogP contribution in [0.25, 0.3) is 21.7 Å². The van der Waals surface area contributed by atoms with E-state index in [1.54, 1.807) is 0 Å². The molecule has 2 aromatic heterocycles. The maximum Gasteiger partial charge on any atom is 0.0453 e. The zero-order chi connectivity index (χ0) is 12.2. The lowest BCUT2D eigenvalue weighted by molar-refractivity contribution is 1.43. The molecule has 4 rings (SSSR count). The minimum Gasteiger partial charge on any atom is -0.366 e. The molecule has 2 heteroatoms. The van der Waals surface area contributed by atoms with E-state index < -0.39 is 0 Å². The normalized spacial score (nSPS) is 10.2. The Balaban J connectivity index is 0.000000111. The molecule has 0 aliphatic rings. The summed E-state index contributed by atoms with van der Waals surface area (Å²) in [7, 11) is 0. The molecule has 2 nitrogen and oxygen atoms in total. The molecule has 0 amide bonds. The highest BCUT2D eigenvalue weighted by Crippen LogP contribution is 2.10. The standard InChI is InChI=1S/2C8H7N/c1-2-4-8-6-9-5-7(8)3-1;1-2-4-8-7(3-1)5-6-9-8/h2*1-6,9H. The van der Waals surface area contributed by atoms with E-state index in [4.69, 9.17) is 0 Å². The Hall–Kier alpha value is -2.48. The Labute approximate surface area is 105 Å². The van der Waals surface area contributed by atoms with Gasteiger partial charge in [0.1, 0.15) is 0 Å². The third kappa shape index (κ3) is 2.13. The van der Waals surface area contributed by atoms with Crippen LogP contribution in [0.4, 0.5) is 0 Å². The third-order valence-electron chi connectivity index (χ3n) is 2.94. The predicted molar refractivity (Wildman–Crippen MR) is 76.6 cm³/mol. The minimum atomic E-state index is 1.21. The second kappa shape index (κ2) is 4.80. The lowest BCUT2D eigenvalue weighted by Gasteiger charge is -1.83. The second-order valence-electron chi connectivity index (χ2n) is 4.15. The highest BCUT2D eigenvalue weighted by molar-refractivity contribution is 5.81. The Morgan fingerprint density at radius 1 is 0.611 bits per heavy atom. The number of rotatable bonds is 0. The molecule has 0 atom stereocenters. The number of para-hydroxylation sites is 1. The molecule has 0 aliphatic heterocycles. The fourth-order valence-corrected chi connectivity index (χ4v) is 1.99. The highest BCUT2D eigenvalue weighted by Gasteiger charge is 1.87. The van der Waals surface area contributed by atoms with Gasteiger partial charge < -0.3 is 9.97 Å². The SMILES string of the molecule is c1ccc2[nH]ccc2c1.c1ccc2c[nH]cc2c1. The Morgan fingerprint density at radius 3 is 1.89 bits per heavy atom. The monoisotopic (exact) mass is 234 g/mol. The first-order valence-electron chi connectivity index (χ1n) is 5.97. The first-order chi connectivity index (χ1) is 8.93. The molecular weight excluding hydrogens is 220 g/mol. The summed E-state index contributed by atoms with van der Waals surface area (Å²) in [5, 5.41) is 3.83. The summed E-state index contributed by atoms with van der Waals surface area (Å²) in [5.41, 5.74) is 1.21. The van der Waals surface area contributed by atoms with E-state index in [9.17, 15) is 0 Å². The van der Waals surface area contributed by atoms with Crippen LogP contribution in [0.1, 0.15) is 0 Å². The fraction of sp³-hybridized carbons (Fsp3) is 0. The van der Waals surface area contributed by atoms with Gasteiger partial charge in [0.15, 0.2) is 0 Å². The van der Waals surface area contributed by atoms with Crippen LogP contribution in [-0.2, 0) is 0 Å². The van der Waals surface area contributed by atoms with Gasteiger partial charge in [-0.15, -0.1) is 0 Å². The molecule has 0 radical (unpaired) electrons. The molecule has 0 spiro atoms. The second-order valence-corrected chi connectivity index (χ2v) is 4.15. The molecular formula is C16H14N2. The van der Waals surface area contributed by atoms with Crippen molar-refractivity contribution in [1.29, 1.82) is 0 Å². The van der Waals surface area contributed by atoms with Gasteiger partial charge in [-0.25, -0.2) is 0 Å². The third-order valence-corrected chi connectivity index (χ3v) is 2.94. The number of fused-ring (bicyclic) bond motifs is 2. The van der Waals surface area contributed by atoms with E-state index in [1.807, 2.05) is 42.9 Å². The zero-order valence-corrected chi connectivity index (χ0v) is 9.93. The molecule has 0 unspecified atom stereocenters. The number of benzene rings is 2. The number of hydrogen-bond donors (Lipinski definition) is 2. The zero-order valence-electron chi connectivity index (χ0n) is 9.93. The van der Waals surface area contributed by atoms with Gasteiger partial charge in [-0.05, 0) is 28.3 Å². The summed E-state index contributed by atoms with van der Waals surface area (Å²) in [5.74, 6) is 0. The summed E-state index contributed by atoms with van der Waals surface area (Å²) in [6.45, 7) is 0. The molecule has 0 fully saturated rings. The number of aromatic nitrogens is 2. The van der Waals surface area contributed by atoms with Crippen LogP contribution >= 0.6 is 0 Å². The predicted octanol–water partition coefficient (Wildman–Crippen LogP) is 4.34. The molecule has 0 aliphatic carbocycles. The average Bonchev–Trinajstić information content (AvgIpc) is 3.08. The van der Waals surface area contributed by atoms with Crippen LogP contribution in [0.15, 0.2) is 73.2 Å². The summed E-state index contributed by atoms with van der Waals surface area (Å²) in [6, 6.07) is 18.5. The molecule has 88 valence electrons. The van der Waals surface area contributed by atoms with E-state index in [-0.39, 0.29) is 0 Å². The lowest BCUT2D eigenvalue weighted by Crippen LogP contribution is -1.61. The van der Waals surface area contributed by atoms with Gasteiger partial charge in [-0.1, -0.05) is 42.5 Å². The van der Waals surface area contributed by atoms with E-state index >= 15 is 0 Å². The van der Waals surface area contributed by atoms with Crippen LogP contribution in [0.3, 0.4) is 0 Å². The lowest BCUT2D eigenvalue weighted by atomic mass is 10.2. The molecule has 2 heterocycles. The van der Waals surface area contributed by atoms with E-state index in [2.05, 4.69) is 40.3 Å². The van der Waals surface area contributed by atoms with Gasteiger partial charge in [0.05, 0.1) is 0 Å². The molecule has 2 aromatic carbocycles. The Kier molecular flexibility index (Phi) is 2.84. The van der Waals surface area contributed by atoms with Gasteiger partial charge >= 0.3 is 0 Å². The van der Waals surface area contributed by atoms with Gasteiger partial charge in [0.25, 0.3) is 0 Å². The van der Waals surface area contributed by atoms with Gasteiger partial charge in [-0.3, -0.25) is 0 Å². The number of nitrogens with one attached hydrogen (secondary N) is 2. The first-order valence-corrected chi connectivity index (χ1v) is 5.97. The summed E-state index contributed by atoms with van der Waals surface area (Å²) >= 11 is 0. The molecule has 4 aromatic rings. The van der Waals surface area contributed by atoms with Crippen LogP contribution in [0.2, 0.25) is 0 Å². The van der Waals surface area contributed by atoms with Gasteiger partial charge in [-0.2, -0.15) is 0 Å². The fourth-order valence-electron chi connectivity index (χ4n) is 1.99. The van der Waals surface area contributed by atoms with E-state index in [0.29, 0.717) is 0 Å². The van der Waals surface area contributed by atoms with E-state index in [1.165, 1.54) is 21.7 Å². The maximum absolute atomic E-state index is 3.12. The molecule has 0 bridgehead atoms. The van der Waals surface area contributed by atoms with Crippen LogP contribution in [0, 0.1) is 0 Å². The average molecular weight is 234 g/mol. The van der Waals surface area contributed by atoms with Gasteiger partial charge in [0, 0.05) is 24.1 Å². The highest BCUT2D eigenvalue weighted by atomic mass is 14.7. The van der Waals surface area contributed by atoms with Crippen LogP contribution in [0.5, 0.6) is 0 Å². The van der Waals surface area contributed by atoms with Crippen molar-refractivity contribution in [2.45, 2.75) is 0 Å². The summed E-state index contributed by atoms with van der Waals surface area (Å²) in [6.07, 6.45) is 5.94. The summed E-state index contributed by atoms with van der Waals surface area (Å²) < 4.78 is 0. The largest absolute Gasteiger partial charge is 0.366 e. The van der Waals surface area contributed by atoms with Crippen molar-refractivity contribution >= 4 is 21.7 Å². The molecule has 0 saturated heterocycles. The van der Waals surface area contributed by atoms with Crippen molar-refractivity contribution < 1.29 is 0 Å². The number of H-pyrrole nitrogens is 2. The topological polar surface area (TPSA) is 31.6 Å². The smallest absolute Gasteiger partial charge is 0.0453 e.